The molecule has 0 N–H and O–H groups in total. The number of benzene rings is 3. The number of rotatable bonds is 3. The van der Waals surface area contributed by atoms with E-state index in [0.29, 0.717) is 0 Å². The molecular formula is C22H18N4S. The molecule has 1 unspecified atom stereocenters. The Morgan fingerprint density at radius 2 is 1.11 bits per heavy atom. The number of hydrogen-bond donors (Lipinski definition) is 0. The van der Waals surface area contributed by atoms with Gasteiger partial charge in [0.2, 0.25) is 5.11 Å². The van der Waals surface area contributed by atoms with Gasteiger partial charge in [0.05, 0.1) is 16.5 Å². The van der Waals surface area contributed by atoms with Crippen LogP contribution in [0.25, 0.3) is 0 Å². The van der Waals surface area contributed by atoms with E-state index in [1.54, 1.807) is 0 Å². The SMILES string of the molecule is CN1C(c2ccccc2)=NC2=S1N(c1ccccc1)C(c1ccccc1)=N2. The monoisotopic (exact) mass is 370 g/mol. The molecule has 5 rings (SSSR count). The minimum absolute atomic E-state index is 0.387. The third-order valence-corrected chi connectivity index (χ3v) is 6.47. The predicted octanol–water partition coefficient (Wildman–Crippen LogP) is 4.53. The molecule has 0 radical (unpaired) electrons. The maximum Gasteiger partial charge on any atom is 0.221 e. The van der Waals surface area contributed by atoms with Crippen LogP contribution in [0, 0.1) is 0 Å². The summed E-state index contributed by atoms with van der Waals surface area (Å²) in [5.74, 6) is 1.91. The maximum atomic E-state index is 4.95. The highest BCUT2D eigenvalue weighted by atomic mass is 32.2. The standard InChI is InChI=1S/C22H18N4S/c1-25-20(17-11-5-2-6-12-17)23-22-24-21(18-13-7-3-8-14-18)26(27(22)25)19-15-9-4-10-16-19/h2-16H,1H3. The zero-order valence-corrected chi connectivity index (χ0v) is 15.7. The van der Waals surface area contributed by atoms with Gasteiger partial charge in [0.1, 0.15) is 5.84 Å². The molecule has 0 spiro atoms. The minimum atomic E-state index is -0.387. The molecule has 0 saturated heterocycles. The minimum Gasteiger partial charge on any atom is -0.289 e. The number of amidine groups is 2. The molecule has 0 saturated carbocycles. The topological polar surface area (TPSA) is 31.2 Å². The van der Waals surface area contributed by atoms with Gasteiger partial charge < -0.3 is 0 Å². The first-order chi connectivity index (χ1) is 13.3. The molecule has 5 heteroatoms. The summed E-state index contributed by atoms with van der Waals surface area (Å²) in [4.78, 5) is 9.84. The predicted molar refractivity (Wildman–Crippen MR) is 115 cm³/mol. The van der Waals surface area contributed by atoms with Crippen LogP contribution in [0.1, 0.15) is 11.1 Å². The van der Waals surface area contributed by atoms with Crippen LogP contribution >= 0.6 is 10.9 Å². The first-order valence-corrected chi connectivity index (χ1v) is 9.95. The van der Waals surface area contributed by atoms with Crippen LogP contribution < -0.4 is 4.31 Å². The summed E-state index contributed by atoms with van der Waals surface area (Å²) in [6.07, 6.45) is 0. The summed E-state index contributed by atoms with van der Waals surface area (Å²) in [5, 5.41) is 0.860. The van der Waals surface area contributed by atoms with E-state index in [1.807, 2.05) is 42.5 Å². The zero-order valence-electron chi connectivity index (χ0n) is 14.9. The maximum absolute atomic E-state index is 4.95. The van der Waals surface area contributed by atoms with Crippen LogP contribution in [0.15, 0.2) is 101 Å². The first-order valence-electron chi connectivity index (χ1n) is 8.81. The van der Waals surface area contributed by atoms with Gasteiger partial charge in [0.25, 0.3) is 0 Å². The fourth-order valence-corrected chi connectivity index (χ4v) is 5.21. The van der Waals surface area contributed by atoms with Crippen molar-refractivity contribution < 1.29 is 0 Å². The first kappa shape index (κ1) is 16.0. The molecule has 4 nitrogen and oxygen atoms in total. The second kappa shape index (κ2) is 6.52. The van der Waals surface area contributed by atoms with E-state index in [0.717, 1.165) is 33.6 Å². The summed E-state index contributed by atoms with van der Waals surface area (Å²) in [5.41, 5.74) is 3.33. The van der Waals surface area contributed by atoms with Crippen molar-refractivity contribution in [3.05, 3.63) is 102 Å². The van der Waals surface area contributed by atoms with E-state index in [-0.39, 0.29) is 10.9 Å². The second-order valence-electron chi connectivity index (χ2n) is 6.28. The van der Waals surface area contributed by atoms with Crippen LogP contribution in [-0.2, 0) is 0 Å². The van der Waals surface area contributed by atoms with Gasteiger partial charge in [0.15, 0.2) is 5.84 Å². The molecule has 0 aliphatic carbocycles. The quantitative estimate of drug-likeness (QED) is 0.634. The van der Waals surface area contributed by atoms with E-state index < -0.39 is 0 Å². The van der Waals surface area contributed by atoms with Crippen molar-refractivity contribution in [3.63, 3.8) is 0 Å². The molecule has 3 aromatic carbocycles. The lowest BCUT2D eigenvalue weighted by Gasteiger charge is -2.29. The van der Waals surface area contributed by atoms with Crippen LogP contribution in [0.5, 0.6) is 0 Å². The molecule has 2 aliphatic rings. The Morgan fingerprint density at radius 3 is 1.70 bits per heavy atom. The Labute approximate surface area is 161 Å². The zero-order chi connectivity index (χ0) is 18.2. The Hall–Kier alpha value is -3.18. The van der Waals surface area contributed by atoms with Gasteiger partial charge in [-0.05, 0) is 12.1 Å². The van der Waals surface area contributed by atoms with Gasteiger partial charge in [-0.3, -0.25) is 8.61 Å². The molecular weight excluding hydrogens is 352 g/mol. The van der Waals surface area contributed by atoms with Crippen molar-refractivity contribution >= 4 is 33.3 Å². The van der Waals surface area contributed by atoms with Gasteiger partial charge in [-0.1, -0.05) is 78.9 Å². The molecule has 27 heavy (non-hydrogen) atoms. The number of nitrogens with zero attached hydrogens (tertiary/aromatic N) is 4. The Morgan fingerprint density at radius 1 is 0.630 bits per heavy atom. The molecule has 1 atom stereocenters. The van der Waals surface area contributed by atoms with Crippen molar-refractivity contribution in [1.29, 1.82) is 0 Å². The van der Waals surface area contributed by atoms with E-state index in [4.69, 9.17) is 9.98 Å². The summed E-state index contributed by atoms with van der Waals surface area (Å²) < 4.78 is 4.53. The Bertz CT molecular complexity index is 1070. The third kappa shape index (κ3) is 2.67. The highest BCUT2D eigenvalue weighted by Crippen LogP contribution is 2.42. The van der Waals surface area contributed by atoms with Gasteiger partial charge in [-0.15, -0.1) is 0 Å². The fraction of sp³-hybridized carbons (Fsp3) is 0.0455. The smallest absolute Gasteiger partial charge is 0.221 e. The Kier molecular flexibility index (Phi) is 3.87. The fourth-order valence-electron chi connectivity index (χ4n) is 3.28. The summed E-state index contributed by atoms with van der Waals surface area (Å²) in [6.45, 7) is 0. The molecule has 0 amide bonds. The molecule has 0 aromatic heterocycles. The van der Waals surface area contributed by atoms with E-state index in [2.05, 4.69) is 64.2 Å². The van der Waals surface area contributed by atoms with Crippen molar-refractivity contribution in [2.24, 2.45) is 9.98 Å². The van der Waals surface area contributed by atoms with E-state index in [1.165, 1.54) is 0 Å². The number of anilines is 1. The van der Waals surface area contributed by atoms with Crippen molar-refractivity contribution in [3.8, 4) is 0 Å². The van der Waals surface area contributed by atoms with Gasteiger partial charge in [0, 0.05) is 18.2 Å². The van der Waals surface area contributed by atoms with Gasteiger partial charge >= 0.3 is 0 Å². The van der Waals surface area contributed by atoms with Gasteiger partial charge in [-0.25, -0.2) is 9.98 Å². The molecule has 3 aromatic rings. The average Bonchev–Trinajstić information content (AvgIpc) is 3.27. The highest BCUT2D eigenvalue weighted by molar-refractivity contribution is 8.16. The summed E-state index contributed by atoms with van der Waals surface area (Å²) >= 11 is 0. The van der Waals surface area contributed by atoms with Crippen LogP contribution in [0.2, 0.25) is 0 Å². The van der Waals surface area contributed by atoms with Crippen molar-refractivity contribution in [2.45, 2.75) is 0 Å². The summed E-state index contributed by atoms with van der Waals surface area (Å²) in [6, 6.07) is 31.0. The normalized spacial score (nSPS) is 18.4. The van der Waals surface area contributed by atoms with Crippen LogP contribution in [-0.4, -0.2) is 28.1 Å². The van der Waals surface area contributed by atoms with Crippen LogP contribution in [0.4, 0.5) is 5.69 Å². The lowest BCUT2D eigenvalue weighted by molar-refractivity contribution is 0.849. The molecule has 0 bridgehead atoms. The highest BCUT2D eigenvalue weighted by Gasteiger charge is 2.36. The van der Waals surface area contributed by atoms with Crippen molar-refractivity contribution in [1.82, 2.24) is 4.31 Å². The largest absolute Gasteiger partial charge is 0.289 e. The molecule has 132 valence electrons. The molecule has 2 heterocycles. The lowest BCUT2D eigenvalue weighted by Crippen LogP contribution is -2.31. The second-order valence-corrected chi connectivity index (χ2v) is 8.08. The number of hydrogen-bond acceptors (Lipinski definition) is 4. The molecule has 0 fully saturated rings. The number of aliphatic imine (C=N–C) groups is 2. The lowest BCUT2D eigenvalue weighted by atomic mass is 10.2. The average molecular weight is 370 g/mol. The Balaban J connectivity index is 1.63. The van der Waals surface area contributed by atoms with Crippen LogP contribution in [0.3, 0.4) is 0 Å². The van der Waals surface area contributed by atoms with Gasteiger partial charge in [-0.2, -0.15) is 0 Å². The number of para-hydroxylation sites is 1. The third-order valence-electron chi connectivity index (χ3n) is 4.54. The molecule has 2 aliphatic heterocycles. The summed E-state index contributed by atoms with van der Waals surface area (Å²) in [7, 11) is 1.71. The van der Waals surface area contributed by atoms with E-state index >= 15 is 0 Å². The van der Waals surface area contributed by atoms with Crippen molar-refractivity contribution in [2.75, 3.05) is 11.4 Å². The van der Waals surface area contributed by atoms with E-state index in [9.17, 15) is 0 Å².